The number of rotatable bonds is 10. The predicted octanol–water partition coefficient (Wildman–Crippen LogP) is 2.20. The fraction of sp³-hybridized carbons (Fsp3) is 0.692. The molecule has 8 radical (unpaired) electrons. The van der Waals surface area contributed by atoms with Gasteiger partial charge in [0.2, 0.25) is 0 Å². The third-order valence-corrected chi connectivity index (χ3v) is 1.76. The smallest absolute Gasteiger partial charge is 0.294 e. The maximum absolute atomic E-state index is 9.90. The molecule has 0 aromatic carbocycles. The second kappa shape index (κ2) is 26.5. The number of hydrogen-bond donors (Lipinski definition) is 2. The van der Waals surface area contributed by atoms with Gasteiger partial charge in [-0.3, -0.25) is 0 Å². The van der Waals surface area contributed by atoms with Gasteiger partial charge in [-0.05, 0) is 6.42 Å². The molecule has 2 N–H and O–H groups in total. The summed E-state index contributed by atoms with van der Waals surface area (Å²) in [5, 5.41) is 24.3. The number of hydrogen-bond acceptors (Lipinski definition) is 9. The third-order valence-electron chi connectivity index (χ3n) is 1.76. The van der Waals surface area contributed by atoms with Gasteiger partial charge in [0, 0.05) is 32.5 Å². The van der Waals surface area contributed by atoms with Crippen LogP contribution in [-0.2, 0) is 24.0 Å². The number of carbonyl (C=O) groups is 4. The molecule has 0 spiro atoms. The Morgan fingerprint density at radius 3 is 1.15 bits per heavy atom. The monoisotopic (exact) mass is 585 g/mol. The quantitative estimate of drug-likeness (QED) is 0.169. The van der Waals surface area contributed by atoms with Crippen molar-refractivity contribution in [2.24, 2.45) is 0 Å². The topological polar surface area (TPSA) is 161 Å². The van der Waals surface area contributed by atoms with Crippen LogP contribution in [0, 0.1) is 10.1 Å². The van der Waals surface area contributed by atoms with Gasteiger partial charge in [-0.15, -0.1) is 10.1 Å². The van der Waals surface area contributed by atoms with Crippen LogP contribution in [0.25, 0.3) is 0 Å². The molecule has 0 saturated carbocycles. The number of aliphatic hydroxyl groups is 2. The third kappa shape index (κ3) is 128. The van der Waals surface area contributed by atoms with E-state index in [1.54, 1.807) is 0 Å². The molecule has 0 aliphatic heterocycles. The molecule has 0 aromatic heterocycles. The molecular formula is C13H21B4Cl5NO9P. The van der Waals surface area contributed by atoms with Crippen molar-refractivity contribution in [1.82, 2.24) is 0 Å². The van der Waals surface area contributed by atoms with Crippen LogP contribution in [0.1, 0.15) is 39.0 Å². The molecule has 0 heterocycles. The first-order valence-corrected chi connectivity index (χ1v) is 15.2. The van der Waals surface area contributed by atoms with Gasteiger partial charge in [0.05, 0.1) is 22.7 Å². The van der Waals surface area contributed by atoms with Crippen molar-refractivity contribution in [3.8, 4) is 0 Å². The Morgan fingerprint density at radius 1 is 0.788 bits per heavy atom. The molecule has 33 heavy (non-hydrogen) atoms. The van der Waals surface area contributed by atoms with E-state index in [0.717, 1.165) is 6.42 Å². The van der Waals surface area contributed by atoms with Crippen LogP contribution in [0.15, 0.2) is 0 Å². The first-order valence-electron chi connectivity index (χ1n) is 8.41. The maximum Gasteiger partial charge on any atom is 0.294 e. The summed E-state index contributed by atoms with van der Waals surface area (Å²) in [6.07, 6.45) is 1.39. The molecule has 0 fully saturated rings. The van der Waals surface area contributed by atoms with Crippen LogP contribution < -0.4 is 0 Å². The summed E-state index contributed by atoms with van der Waals surface area (Å²) in [7, 11) is 18.6. The minimum Gasteiger partial charge on any atom is -0.396 e. The minimum absolute atomic E-state index is 0.0694. The van der Waals surface area contributed by atoms with Crippen LogP contribution in [0.5, 0.6) is 0 Å². The number of halogens is 5. The van der Waals surface area contributed by atoms with Gasteiger partial charge in [0.25, 0.3) is 5.09 Å². The Morgan fingerprint density at radius 2 is 1.06 bits per heavy atom. The molecule has 0 amide bonds. The molecule has 0 atom stereocenters. The van der Waals surface area contributed by atoms with Crippen LogP contribution in [0.2, 0.25) is 0 Å². The van der Waals surface area contributed by atoms with Crippen LogP contribution in [0.4, 0.5) is 0 Å². The molecular weight excluding hydrogens is 566 g/mol. The van der Waals surface area contributed by atoms with Gasteiger partial charge in [-0.2, -0.15) is 0 Å². The van der Waals surface area contributed by atoms with E-state index < -0.39 is 25.5 Å². The Labute approximate surface area is 221 Å². The summed E-state index contributed by atoms with van der Waals surface area (Å²) in [5.41, 5.74) is -1.75. The van der Waals surface area contributed by atoms with Gasteiger partial charge < -0.3 is 34.2 Å². The average molecular weight is 587 g/mol. The first kappa shape index (κ1) is 43.0. The fourth-order valence-corrected chi connectivity index (χ4v) is 0.688. The van der Waals surface area contributed by atoms with Gasteiger partial charge in [-0.25, -0.2) is 0 Å². The van der Waals surface area contributed by atoms with Crippen LogP contribution in [-0.4, -0.2) is 89.2 Å². The van der Waals surface area contributed by atoms with E-state index in [2.05, 4.69) is 28.4 Å². The van der Waals surface area contributed by atoms with Crippen molar-refractivity contribution >= 4 is 114 Å². The van der Waals surface area contributed by atoms with Gasteiger partial charge in [0.15, 0.2) is 31.4 Å². The van der Waals surface area contributed by atoms with Crippen molar-refractivity contribution in [2.75, 3.05) is 19.8 Å². The fourth-order valence-electron chi connectivity index (χ4n) is 0.688. The molecule has 0 aromatic rings. The molecule has 0 aliphatic rings. The van der Waals surface area contributed by atoms with Gasteiger partial charge in [-0.1, -0.05) is 13.3 Å². The van der Waals surface area contributed by atoms with Gasteiger partial charge >= 0.3 is 59.6 Å². The summed E-state index contributed by atoms with van der Waals surface area (Å²) >= 11 is 24.9. The van der Waals surface area contributed by atoms with Crippen molar-refractivity contribution in [3.63, 3.8) is 0 Å². The summed E-state index contributed by atoms with van der Waals surface area (Å²) < 4.78 is -3.69. The standard InChI is InChI=1S/C4H7BO.C3H4BNO4.2C3H5BO2.Cl5P/c1-2-3-4(5)6;4-3(6)1-2-9-5(7)8;2*4-3(6)1-2-5;1-6(2,3,4)5/h2-3H2,1H3;1-2H2;2*5H,1-2H2;. The van der Waals surface area contributed by atoms with Crippen molar-refractivity contribution < 1.29 is 39.3 Å². The zero-order valence-corrected chi connectivity index (χ0v) is 22.2. The first-order chi connectivity index (χ1) is 14.7. The second-order valence-electron chi connectivity index (χ2n) is 5.01. The molecule has 184 valence electrons. The van der Waals surface area contributed by atoms with E-state index in [0.29, 0.717) is 6.42 Å². The van der Waals surface area contributed by atoms with E-state index in [1.807, 2.05) is 6.92 Å². The number of aliphatic hydroxyl groups excluding tert-OH is 2. The van der Waals surface area contributed by atoms with E-state index in [4.69, 9.17) is 74.3 Å². The Kier molecular flexibility index (Phi) is 34.6. The molecule has 20 heteroatoms. The Balaban J connectivity index is -0.000000100. The van der Waals surface area contributed by atoms with Crippen LogP contribution >= 0.6 is 59.6 Å². The molecule has 0 unspecified atom stereocenters. The largest absolute Gasteiger partial charge is 0.396 e. The summed E-state index contributed by atoms with van der Waals surface area (Å²) in [6, 6.07) is 0. The second-order valence-corrected chi connectivity index (χ2v) is 21.6. The average Bonchev–Trinajstić information content (AvgIpc) is 2.53. The number of carbonyl (C=O) groups excluding carboxylic acids is 4. The summed E-state index contributed by atoms with van der Waals surface area (Å²) in [6.45, 7) is 1.37. The molecule has 10 nitrogen and oxygen atoms in total. The summed E-state index contributed by atoms with van der Waals surface area (Å²) in [5.74, 6) is 0. The number of nitrogens with zero attached hydrogens (tertiary/aromatic N) is 1. The molecule has 0 saturated heterocycles. The minimum atomic E-state index is -3.69. The van der Waals surface area contributed by atoms with E-state index >= 15 is 0 Å². The van der Waals surface area contributed by atoms with Crippen LogP contribution in [0.3, 0.4) is 0 Å². The van der Waals surface area contributed by atoms with Gasteiger partial charge in [0.1, 0.15) is 6.61 Å². The zero-order valence-electron chi connectivity index (χ0n) is 17.5. The van der Waals surface area contributed by atoms with E-state index in [9.17, 15) is 29.3 Å². The van der Waals surface area contributed by atoms with E-state index in [-0.39, 0.29) is 44.8 Å². The van der Waals surface area contributed by atoms with Crippen molar-refractivity contribution in [1.29, 1.82) is 0 Å². The predicted molar refractivity (Wildman–Crippen MR) is 135 cm³/mol. The Bertz CT molecular complexity index is 515. The zero-order chi connectivity index (χ0) is 27.7. The van der Waals surface area contributed by atoms with Crippen molar-refractivity contribution in [3.05, 3.63) is 10.1 Å². The van der Waals surface area contributed by atoms with E-state index in [1.165, 1.54) is 0 Å². The molecule has 0 bridgehead atoms. The normalized spacial score (nSPS) is 10.2. The summed E-state index contributed by atoms with van der Waals surface area (Å²) in [4.78, 5) is 52.2. The maximum atomic E-state index is 9.90. The SMILES string of the molecule is ClP(Cl)(Cl)(Cl)Cl.[B]C(=O)CCC.[B]C(=O)CCO.[B]C(=O)CCO.[B]C(=O)CCO[N+](=O)[O-]. The molecule has 0 rings (SSSR count). The molecule has 0 aliphatic carbocycles. The van der Waals surface area contributed by atoms with Crippen molar-refractivity contribution in [2.45, 2.75) is 39.0 Å². The Hall–Kier alpha value is -0.0603.